The predicted octanol–water partition coefficient (Wildman–Crippen LogP) is 4.17. The number of nitrogens with zero attached hydrogens (tertiary/aromatic N) is 4. The smallest absolute Gasteiger partial charge is 0.227 e. The zero-order chi connectivity index (χ0) is 27.7. The Labute approximate surface area is 242 Å². The molecule has 2 atom stereocenters. The molecule has 3 fully saturated rings. The molecule has 0 amide bonds. The maximum Gasteiger partial charge on any atom is 0.227 e. The Balaban J connectivity index is 1.26. The van der Waals surface area contributed by atoms with Crippen molar-refractivity contribution in [3.63, 3.8) is 0 Å². The highest BCUT2D eigenvalue weighted by Crippen LogP contribution is 2.44. The van der Waals surface area contributed by atoms with Crippen LogP contribution in [0.15, 0.2) is 35.3 Å². The normalized spacial score (nSPS) is 24.6. The zero-order valence-electron chi connectivity index (χ0n) is 22.6. The number of halogens is 2. The maximum absolute atomic E-state index is 16.8. The summed E-state index contributed by atoms with van der Waals surface area (Å²) in [5.74, 6) is 0.384. The number of aliphatic imine (C=N–C) groups is 1. The van der Waals surface area contributed by atoms with Gasteiger partial charge in [0.15, 0.2) is 5.82 Å². The van der Waals surface area contributed by atoms with Crippen molar-refractivity contribution in [2.45, 2.75) is 43.6 Å². The van der Waals surface area contributed by atoms with E-state index in [0.29, 0.717) is 58.4 Å². The molecule has 0 spiro atoms. The average Bonchev–Trinajstić information content (AvgIpc) is 3.51. The Bertz CT molecular complexity index is 1570. The van der Waals surface area contributed by atoms with Gasteiger partial charge < -0.3 is 30.1 Å². The van der Waals surface area contributed by atoms with Crippen LogP contribution in [-0.4, -0.2) is 89.6 Å². The molecule has 2 unspecified atom stereocenters. The fourth-order valence-corrected chi connectivity index (χ4v) is 7.69. The minimum atomic E-state index is -0.759. The number of anilines is 1. The van der Waals surface area contributed by atoms with Crippen LogP contribution in [0.3, 0.4) is 0 Å². The number of rotatable bonds is 4. The first-order chi connectivity index (χ1) is 20.0. The summed E-state index contributed by atoms with van der Waals surface area (Å²) in [6, 6.07) is 8.51. The van der Waals surface area contributed by atoms with Crippen molar-refractivity contribution in [1.29, 1.82) is 0 Å². The van der Waals surface area contributed by atoms with Gasteiger partial charge in [-0.25, -0.2) is 14.4 Å². The van der Waals surface area contributed by atoms with Crippen LogP contribution in [0.4, 0.5) is 10.1 Å². The van der Waals surface area contributed by atoms with Crippen LogP contribution in [0, 0.1) is 5.82 Å². The molecule has 3 N–H and O–H groups in total. The van der Waals surface area contributed by atoms with Gasteiger partial charge >= 0.3 is 0 Å². The van der Waals surface area contributed by atoms with Crippen molar-refractivity contribution < 1.29 is 19.0 Å². The van der Waals surface area contributed by atoms with Gasteiger partial charge in [0.2, 0.25) is 12.2 Å². The van der Waals surface area contributed by atoms with E-state index in [4.69, 9.17) is 31.1 Å². The molecule has 9 nitrogen and oxygen atoms in total. The minimum Gasteiger partial charge on any atom is -0.508 e. The van der Waals surface area contributed by atoms with Gasteiger partial charge in [0.05, 0.1) is 18.3 Å². The van der Waals surface area contributed by atoms with Gasteiger partial charge in [-0.1, -0.05) is 23.7 Å². The number of aromatic hydroxyl groups is 1. The quantitative estimate of drug-likeness (QED) is 0.425. The van der Waals surface area contributed by atoms with Gasteiger partial charge in [-0.05, 0) is 62.4 Å². The van der Waals surface area contributed by atoms with E-state index < -0.39 is 12.2 Å². The van der Waals surface area contributed by atoms with E-state index in [9.17, 15) is 5.11 Å². The summed E-state index contributed by atoms with van der Waals surface area (Å²) >= 11 is 6.61. The van der Waals surface area contributed by atoms with Crippen molar-refractivity contribution in [2.24, 2.45) is 4.99 Å². The van der Waals surface area contributed by atoms with Crippen molar-refractivity contribution in [3.05, 3.63) is 46.7 Å². The standard InChI is InChI=1S/C30H32ClFN6O3/c31-21-5-1-4-17-12-19(39)13-20(22(17)21)25-24(32)26-23-27(38-11-8-33-14-18(38)15-40-28(23)34-25)36-29(35-26)41-16-30-6-2-9-37(30)10-3-7-30/h1,4-5,12-13,18,29,33,35,39H,2-3,6-11,14-16H2. The first-order valence-electron chi connectivity index (χ1n) is 14.5. The molecule has 0 aliphatic carbocycles. The van der Waals surface area contributed by atoms with Crippen LogP contribution in [0.25, 0.3) is 22.0 Å². The van der Waals surface area contributed by atoms with Crippen LogP contribution in [0.2, 0.25) is 5.02 Å². The van der Waals surface area contributed by atoms with Crippen LogP contribution in [0.1, 0.15) is 31.2 Å². The summed E-state index contributed by atoms with van der Waals surface area (Å²) in [5.41, 5.74) is 1.23. The number of amidine groups is 1. The Morgan fingerprint density at radius 2 is 2.05 bits per heavy atom. The molecule has 5 aliphatic rings. The first-order valence-corrected chi connectivity index (χ1v) is 14.9. The van der Waals surface area contributed by atoms with Crippen molar-refractivity contribution >= 4 is 33.9 Å². The highest BCUT2D eigenvalue weighted by molar-refractivity contribution is 6.36. The number of nitrogens with one attached hydrogen (secondary N) is 2. The van der Waals surface area contributed by atoms with Crippen LogP contribution in [0.5, 0.6) is 11.6 Å². The van der Waals surface area contributed by atoms with Crippen LogP contribution in [-0.2, 0) is 4.74 Å². The molecule has 1 aromatic heterocycles. The third-order valence-corrected chi connectivity index (χ3v) is 9.67. The molecule has 3 saturated heterocycles. The zero-order valence-corrected chi connectivity index (χ0v) is 23.4. The Morgan fingerprint density at radius 1 is 1.20 bits per heavy atom. The lowest BCUT2D eigenvalue weighted by Gasteiger charge is -2.39. The number of aromatic nitrogens is 1. The molecule has 214 valence electrons. The van der Waals surface area contributed by atoms with Crippen molar-refractivity contribution in [2.75, 3.05) is 51.3 Å². The van der Waals surface area contributed by atoms with E-state index in [2.05, 4.69) is 20.4 Å². The Kier molecular flexibility index (Phi) is 6.03. The van der Waals surface area contributed by atoms with E-state index in [1.54, 1.807) is 18.2 Å². The minimum absolute atomic E-state index is 0.00275. The number of piperazine rings is 1. The number of hydrogen-bond acceptors (Lipinski definition) is 9. The van der Waals surface area contributed by atoms with E-state index in [0.717, 1.165) is 39.0 Å². The molecule has 3 aromatic rings. The average molecular weight is 579 g/mol. The summed E-state index contributed by atoms with van der Waals surface area (Å²) in [6.07, 6.45) is 3.81. The predicted molar refractivity (Wildman–Crippen MR) is 155 cm³/mol. The molecule has 8 rings (SSSR count). The largest absolute Gasteiger partial charge is 0.508 e. The van der Waals surface area contributed by atoms with Crippen molar-refractivity contribution in [3.8, 4) is 22.9 Å². The monoisotopic (exact) mass is 578 g/mol. The third kappa shape index (κ3) is 4.06. The second-order valence-electron chi connectivity index (χ2n) is 11.7. The highest BCUT2D eigenvalue weighted by atomic mass is 35.5. The highest BCUT2D eigenvalue weighted by Gasteiger charge is 2.46. The fraction of sp³-hybridized carbons (Fsp3) is 0.467. The first kappa shape index (κ1) is 25.5. The molecule has 0 bridgehead atoms. The van der Waals surface area contributed by atoms with E-state index in [1.807, 2.05) is 6.07 Å². The van der Waals surface area contributed by atoms with E-state index >= 15 is 4.39 Å². The molecular weight excluding hydrogens is 547 g/mol. The summed E-state index contributed by atoms with van der Waals surface area (Å²) in [6.45, 7) is 5.35. The maximum atomic E-state index is 16.8. The van der Waals surface area contributed by atoms with Gasteiger partial charge in [-0.15, -0.1) is 0 Å². The summed E-state index contributed by atoms with van der Waals surface area (Å²) in [7, 11) is 0. The second-order valence-corrected chi connectivity index (χ2v) is 12.1. The number of hydrogen-bond donors (Lipinski definition) is 3. The lowest BCUT2D eigenvalue weighted by Crippen LogP contribution is -2.56. The number of benzene rings is 2. The van der Waals surface area contributed by atoms with E-state index in [1.165, 1.54) is 18.9 Å². The lowest BCUT2D eigenvalue weighted by molar-refractivity contribution is 0.00182. The molecule has 41 heavy (non-hydrogen) atoms. The number of fused-ring (bicyclic) bond motifs is 4. The topological polar surface area (TPSA) is 94.5 Å². The van der Waals surface area contributed by atoms with Gasteiger partial charge in [0.25, 0.3) is 0 Å². The molecule has 0 radical (unpaired) electrons. The van der Waals surface area contributed by atoms with Gasteiger partial charge in [0, 0.05) is 41.1 Å². The third-order valence-electron chi connectivity index (χ3n) is 9.36. The van der Waals surface area contributed by atoms with Crippen molar-refractivity contribution in [1.82, 2.24) is 20.1 Å². The second kappa shape index (κ2) is 9.69. The van der Waals surface area contributed by atoms with E-state index in [-0.39, 0.29) is 28.7 Å². The number of phenolic OH excluding ortho intramolecular Hbond substituents is 1. The van der Waals surface area contributed by atoms with Gasteiger partial charge in [-0.3, -0.25) is 4.90 Å². The molecule has 6 heterocycles. The Morgan fingerprint density at radius 3 is 2.90 bits per heavy atom. The van der Waals surface area contributed by atoms with Gasteiger partial charge in [-0.2, -0.15) is 0 Å². The fourth-order valence-electron chi connectivity index (χ4n) is 7.41. The summed E-state index contributed by atoms with van der Waals surface area (Å²) in [4.78, 5) is 14.5. The molecule has 0 saturated carbocycles. The van der Waals surface area contributed by atoms with Crippen LogP contribution < -0.4 is 15.4 Å². The lowest BCUT2D eigenvalue weighted by atomic mass is 9.95. The molecule has 2 aromatic carbocycles. The number of ether oxygens (including phenoxy) is 2. The SMILES string of the molecule is Oc1cc(-c2nc3c4c(c2F)NC(OCC25CCCN2CCC5)N=C4N2CCNCC2CO3)c2c(Cl)cccc2c1. The molecule has 11 heteroatoms. The summed E-state index contributed by atoms with van der Waals surface area (Å²) < 4.78 is 29.5. The molecular formula is C30H32ClFN6O3. The number of phenols is 1. The molecule has 5 aliphatic heterocycles. The Hall–Kier alpha value is -3.18. The number of pyridine rings is 1. The van der Waals surface area contributed by atoms with Gasteiger partial charge in [0.1, 0.15) is 29.4 Å². The van der Waals surface area contributed by atoms with Crippen LogP contribution >= 0.6 is 11.6 Å². The summed E-state index contributed by atoms with van der Waals surface area (Å²) in [5, 5.41) is 19.0.